The normalized spacial score (nSPS) is 12.7. The number of aryl methyl sites for hydroxylation is 2. The van der Waals surface area contributed by atoms with Crippen LogP contribution in [-0.2, 0) is 0 Å². The van der Waals surface area contributed by atoms with E-state index in [4.69, 9.17) is 10.8 Å². The molecule has 7 heteroatoms. The van der Waals surface area contributed by atoms with E-state index in [0.717, 1.165) is 39.2 Å². The second kappa shape index (κ2) is 6.41. The van der Waals surface area contributed by atoms with Crippen LogP contribution in [0.25, 0.3) is 27.9 Å². The number of nitrogens with zero attached hydrogens (tertiary/aromatic N) is 6. The Hall–Kier alpha value is -3.74. The van der Waals surface area contributed by atoms with E-state index in [0.29, 0.717) is 5.82 Å². The molecule has 0 saturated carbocycles. The SMILES string of the molecule is Cc1ccn2c(-c3ccccn3)c(C(C)n3nc(C)c4c(N)ncnc43)cc2c1. The number of pyridine rings is 2. The van der Waals surface area contributed by atoms with Crippen LogP contribution >= 0.6 is 0 Å². The lowest BCUT2D eigenvalue weighted by Gasteiger charge is -2.15. The molecule has 0 aliphatic carbocycles. The summed E-state index contributed by atoms with van der Waals surface area (Å²) in [5.41, 5.74) is 13.1. The van der Waals surface area contributed by atoms with Crippen LogP contribution in [0.1, 0.15) is 29.8 Å². The van der Waals surface area contributed by atoms with Crippen LogP contribution < -0.4 is 5.73 Å². The van der Waals surface area contributed by atoms with Gasteiger partial charge in [0.25, 0.3) is 0 Å². The van der Waals surface area contributed by atoms with Crippen molar-refractivity contribution in [2.75, 3.05) is 5.73 Å². The molecule has 0 amide bonds. The maximum absolute atomic E-state index is 6.09. The van der Waals surface area contributed by atoms with E-state index in [1.807, 2.05) is 36.0 Å². The van der Waals surface area contributed by atoms with Gasteiger partial charge in [0.15, 0.2) is 5.65 Å². The van der Waals surface area contributed by atoms with Gasteiger partial charge in [-0.15, -0.1) is 0 Å². The minimum Gasteiger partial charge on any atom is -0.383 e. The predicted octanol–water partition coefficient (Wildman–Crippen LogP) is 3.95. The monoisotopic (exact) mass is 383 g/mol. The number of hydrogen-bond acceptors (Lipinski definition) is 5. The Balaban J connectivity index is 1.78. The Morgan fingerprint density at radius 2 is 1.90 bits per heavy atom. The van der Waals surface area contributed by atoms with Crippen LogP contribution in [0, 0.1) is 13.8 Å². The Bertz CT molecular complexity index is 1350. The molecule has 5 aromatic rings. The van der Waals surface area contributed by atoms with E-state index in [2.05, 4.69) is 57.6 Å². The minimum atomic E-state index is -0.0716. The fourth-order valence-corrected chi connectivity index (χ4v) is 3.97. The van der Waals surface area contributed by atoms with E-state index >= 15 is 0 Å². The Labute approximate surface area is 167 Å². The molecule has 144 valence electrons. The highest BCUT2D eigenvalue weighted by Crippen LogP contribution is 2.34. The van der Waals surface area contributed by atoms with Crippen LogP contribution in [0.4, 0.5) is 5.82 Å². The van der Waals surface area contributed by atoms with Crippen molar-refractivity contribution in [3.05, 3.63) is 71.9 Å². The standard InChI is InChI=1S/C22H21N7/c1-13-7-9-28-16(10-13)11-17(20(28)18-6-4-5-8-24-18)15(3)29-22-19(14(2)27-29)21(23)25-12-26-22/h4-12,15H,1-3H3,(H2,23,25,26). The molecule has 0 spiro atoms. The van der Waals surface area contributed by atoms with Gasteiger partial charge >= 0.3 is 0 Å². The van der Waals surface area contributed by atoms with E-state index in [9.17, 15) is 0 Å². The summed E-state index contributed by atoms with van der Waals surface area (Å²) in [5.74, 6) is 0.452. The molecule has 0 radical (unpaired) electrons. The molecule has 0 aromatic carbocycles. The highest BCUT2D eigenvalue weighted by atomic mass is 15.3. The second-order valence-corrected chi connectivity index (χ2v) is 7.33. The van der Waals surface area contributed by atoms with Gasteiger partial charge in [-0.05, 0) is 56.7 Å². The lowest BCUT2D eigenvalue weighted by atomic mass is 10.1. The van der Waals surface area contributed by atoms with E-state index in [-0.39, 0.29) is 6.04 Å². The van der Waals surface area contributed by atoms with Crippen LogP contribution in [0.5, 0.6) is 0 Å². The summed E-state index contributed by atoms with van der Waals surface area (Å²) in [6.07, 6.45) is 5.40. The fraction of sp³-hybridized carbons (Fsp3) is 0.182. The molecular formula is C22H21N7. The minimum absolute atomic E-state index is 0.0716. The van der Waals surface area contributed by atoms with Gasteiger partial charge in [-0.2, -0.15) is 5.10 Å². The average molecular weight is 383 g/mol. The molecule has 0 aliphatic rings. The third-order valence-electron chi connectivity index (χ3n) is 5.38. The molecule has 5 aromatic heterocycles. The lowest BCUT2D eigenvalue weighted by Crippen LogP contribution is -2.10. The maximum Gasteiger partial charge on any atom is 0.164 e. The summed E-state index contributed by atoms with van der Waals surface area (Å²) in [4.78, 5) is 13.2. The summed E-state index contributed by atoms with van der Waals surface area (Å²) in [6, 6.07) is 12.4. The molecule has 1 unspecified atom stereocenters. The van der Waals surface area contributed by atoms with Crippen LogP contribution in [-0.4, -0.2) is 29.1 Å². The van der Waals surface area contributed by atoms with Crippen molar-refractivity contribution in [2.45, 2.75) is 26.8 Å². The van der Waals surface area contributed by atoms with E-state index < -0.39 is 0 Å². The molecular weight excluding hydrogens is 362 g/mol. The number of fused-ring (bicyclic) bond motifs is 2. The lowest BCUT2D eigenvalue weighted by molar-refractivity contribution is 0.576. The zero-order valence-electron chi connectivity index (χ0n) is 16.5. The largest absolute Gasteiger partial charge is 0.383 e. The van der Waals surface area contributed by atoms with Crippen LogP contribution in [0.2, 0.25) is 0 Å². The molecule has 29 heavy (non-hydrogen) atoms. The number of nitrogens with two attached hydrogens (primary N) is 1. The first-order valence-electron chi connectivity index (χ1n) is 9.53. The van der Waals surface area contributed by atoms with Crippen molar-refractivity contribution in [3.8, 4) is 11.4 Å². The number of anilines is 1. The summed E-state index contributed by atoms with van der Waals surface area (Å²) in [5, 5.41) is 5.56. The van der Waals surface area contributed by atoms with Crippen LogP contribution in [0.3, 0.4) is 0 Å². The van der Waals surface area contributed by atoms with E-state index in [1.54, 1.807) is 0 Å². The van der Waals surface area contributed by atoms with Crippen molar-refractivity contribution in [3.63, 3.8) is 0 Å². The quantitative estimate of drug-likeness (QED) is 0.510. The third-order valence-corrected chi connectivity index (χ3v) is 5.38. The Morgan fingerprint density at radius 3 is 2.69 bits per heavy atom. The van der Waals surface area contributed by atoms with Gasteiger partial charge in [0.2, 0.25) is 0 Å². The first-order chi connectivity index (χ1) is 14.0. The molecule has 0 fully saturated rings. The molecule has 5 heterocycles. The molecule has 1 atom stereocenters. The van der Waals surface area contributed by atoms with Gasteiger partial charge in [-0.3, -0.25) is 4.98 Å². The van der Waals surface area contributed by atoms with Gasteiger partial charge in [-0.25, -0.2) is 14.6 Å². The zero-order valence-corrected chi connectivity index (χ0v) is 16.5. The van der Waals surface area contributed by atoms with E-state index in [1.165, 1.54) is 11.9 Å². The number of nitrogen functional groups attached to an aromatic ring is 1. The van der Waals surface area contributed by atoms with Crippen molar-refractivity contribution in [2.24, 2.45) is 0 Å². The second-order valence-electron chi connectivity index (χ2n) is 7.33. The highest BCUT2D eigenvalue weighted by molar-refractivity contribution is 5.88. The summed E-state index contributed by atoms with van der Waals surface area (Å²) in [7, 11) is 0. The molecule has 7 nitrogen and oxygen atoms in total. The van der Waals surface area contributed by atoms with Crippen molar-refractivity contribution in [1.82, 2.24) is 29.1 Å². The Morgan fingerprint density at radius 1 is 1.03 bits per heavy atom. The van der Waals surface area contributed by atoms with Gasteiger partial charge in [0, 0.05) is 23.5 Å². The topological polar surface area (TPSA) is 86.9 Å². The summed E-state index contributed by atoms with van der Waals surface area (Å²) in [6.45, 7) is 6.16. The van der Waals surface area contributed by atoms with Crippen molar-refractivity contribution >= 4 is 22.4 Å². The molecule has 0 saturated heterocycles. The maximum atomic E-state index is 6.09. The molecule has 0 bridgehead atoms. The van der Waals surface area contributed by atoms with Crippen LogP contribution in [0.15, 0.2) is 55.1 Å². The highest BCUT2D eigenvalue weighted by Gasteiger charge is 2.23. The summed E-state index contributed by atoms with van der Waals surface area (Å²) >= 11 is 0. The molecule has 5 rings (SSSR count). The molecule has 0 aliphatic heterocycles. The van der Waals surface area contributed by atoms with Gasteiger partial charge in [0.1, 0.15) is 12.1 Å². The smallest absolute Gasteiger partial charge is 0.164 e. The van der Waals surface area contributed by atoms with Gasteiger partial charge in [0.05, 0.1) is 28.5 Å². The average Bonchev–Trinajstić information content (AvgIpc) is 3.26. The predicted molar refractivity (Wildman–Crippen MR) is 114 cm³/mol. The third kappa shape index (κ3) is 2.66. The van der Waals surface area contributed by atoms with Gasteiger partial charge < -0.3 is 10.1 Å². The zero-order chi connectivity index (χ0) is 20.1. The fourth-order valence-electron chi connectivity index (χ4n) is 3.97. The van der Waals surface area contributed by atoms with Gasteiger partial charge in [-0.1, -0.05) is 6.07 Å². The first kappa shape index (κ1) is 17.4. The molecule has 2 N–H and O–H groups in total. The number of hydrogen-bond donors (Lipinski definition) is 1. The van der Waals surface area contributed by atoms with Crippen molar-refractivity contribution < 1.29 is 0 Å². The Kier molecular flexibility index (Phi) is 3.84. The number of rotatable bonds is 3. The van der Waals surface area contributed by atoms with Crippen molar-refractivity contribution in [1.29, 1.82) is 0 Å². The summed E-state index contributed by atoms with van der Waals surface area (Å²) < 4.78 is 4.11. The first-order valence-corrected chi connectivity index (χ1v) is 9.53. The number of aromatic nitrogens is 6.